The number of nitrogens with zero attached hydrogens (tertiary/aromatic N) is 3. The van der Waals surface area contributed by atoms with Crippen LogP contribution in [-0.2, 0) is 13.0 Å². The summed E-state index contributed by atoms with van der Waals surface area (Å²) >= 11 is 0. The number of rotatable bonds is 9. The lowest BCUT2D eigenvalue weighted by Crippen LogP contribution is -2.42. The predicted molar refractivity (Wildman–Crippen MR) is 135 cm³/mol. The lowest BCUT2D eigenvalue weighted by Gasteiger charge is -2.29. The van der Waals surface area contributed by atoms with Crippen molar-refractivity contribution in [3.8, 4) is 0 Å². The molecule has 0 saturated carbocycles. The maximum atomic E-state index is 2.86. The number of hydrogen-bond donors (Lipinski definition) is 0. The van der Waals surface area contributed by atoms with E-state index in [1.54, 1.807) is 5.56 Å². The van der Waals surface area contributed by atoms with Crippen molar-refractivity contribution in [2.75, 3.05) is 32.7 Å². The molecule has 0 aliphatic carbocycles. The molecule has 3 heterocycles. The summed E-state index contributed by atoms with van der Waals surface area (Å²) < 4.78 is 0. The molecule has 1 aromatic rings. The Balaban J connectivity index is 1.29. The van der Waals surface area contributed by atoms with Crippen molar-refractivity contribution in [3.05, 3.63) is 35.4 Å². The Hall–Kier alpha value is -0.705. The second-order valence-electron chi connectivity index (χ2n) is 10.3. The summed E-state index contributed by atoms with van der Waals surface area (Å²) in [6, 6.07) is 9.48. The van der Waals surface area contributed by atoms with Gasteiger partial charge in [-0.3, -0.25) is 0 Å². The van der Waals surface area contributed by atoms with Gasteiger partial charge in [0.15, 0.2) is 0 Å². The third kappa shape index (κ3) is 5.37. The topological polar surface area (TPSA) is 9.72 Å². The number of benzene rings is 1. The highest BCUT2D eigenvalue weighted by Crippen LogP contribution is 2.32. The van der Waals surface area contributed by atoms with Crippen molar-refractivity contribution < 1.29 is 0 Å². The average Bonchev–Trinajstić information content (AvgIpc) is 3.48. The molecule has 1 unspecified atom stereocenters. The first-order valence-corrected chi connectivity index (χ1v) is 13.0. The van der Waals surface area contributed by atoms with Crippen molar-refractivity contribution in [1.82, 2.24) is 14.4 Å². The first kappa shape index (κ1) is 22.5. The van der Waals surface area contributed by atoms with E-state index >= 15 is 0 Å². The Morgan fingerprint density at radius 3 is 2.53 bits per heavy atom. The Bertz CT molecular complexity index is 673. The summed E-state index contributed by atoms with van der Waals surface area (Å²) in [5.74, 6) is 0.890. The molecule has 3 fully saturated rings. The van der Waals surface area contributed by atoms with E-state index in [-0.39, 0.29) is 0 Å². The Morgan fingerprint density at radius 2 is 1.77 bits per heavy atom. The Labute approximate surface area is 187 Å². The highest BCUT2D eigenvalue weighted by Gasteiger charge is 2.38. The predicted octanol–water partition coefficient (Wildman–Crippen LogP) is 4.86. The molecule has 6 heteroatoms. The van der Waals surface area contributed by atoms with Crippen LogP contribution in [-0.4, -0.2) is 67.7 Å². The van der Waals surface area contributed by atoms with Crippen LogP contribution in [0.25, 0.3) is 0 Å². The fraction of sp³-hybridized carbons (Fsp3) is 0.750. The lowest BCUT2D eigenvalue weighted by atomic mass is 9.48. The zero-order valence-corrected chi connectivity index (χ0v) is 19.9. The van der Waals surface area contributed by atoms with E-state index in [1.165, 1.54) is 89.3 Å². The minimum Gasteiger partial charge on any atom is -0.342 e. The molecule has 4 rings (SSSR count). The van der Waals surface area contributed by atoms with Gasteiger partial charge < -0.3 is 14.4 Å². The van der Waals surface area contributed by atoms with Crippen LogP contribution in [0.15, 0.2) is 24.3 Å². The summed E-state index contributed by atoms with van der Waals surface area (Å²) in [4.78, 5) is 8.24. The number of hydrogen-bond acceptors (Lipinski definition) is 3. The molecule has 1 aromatic carbocycles. The van der Waals surface area contributed by atoms with Crippen LogP contribution in [0.5, 0.6) is 0 Å². The molecule has 3 aliphatic rings. The van der Waals surface area contributed by atoms with E-state index in [2.05, 4.69) is 59.4 Å². The molecule has 0 aromatic heterocycles. The summed E-state index contributed by atoms with van der Waals surface area (Å²) in [6.07, 6.45) is 10.9. The molecular formula is C24H42B3N3. The maximum Gasteiger partial charge on any atom is 0.227 e. The molecule has 162 valence electrons. The smallest absolute Gasteiger partial charge is 0.227 e. The van der Waals surface area contributed by atoms with Crippen molar-refractivity contribution in [3.63, 3.8) is 0 Å². The standard InChI is InChI=1S/C24H42B3N3/c1-4-27-24(12-18-28(27)5-2)21-30-17-8-14-26(30)15-11-22-9-6-10-23(19-22)20-29-16-7-13-25(29)3/h6,9-10,19,24H,4-5,7-8,11-18,20-21H2,1-3H3. The molecule has 3 nitrogen and oxygen atoms in total. The highest BCUT2D eigenvalue weighted by atomic mass is 15.1. The Morgan fingerprint density at radius 1 is 0.967 bits per heavy atom. The largest absolute Gasteiger partial charge is 0.342 e. The quantitative estimate of drug-likeness (QED) is 0.544. The minimum atomic E-state index is 0.756. The van der Waals surface area contributed by atoms with Crippen LogP contribution < -0.4 is 0 Å². The molecule has 3 aliphatic heterocycles. The first-order valence-electron chi connectivity index (χ1n) is 13.0. The van der Waals surface area contributed by atoms with E-state index in [0.29, 0.717) is 0 Å². The van der Waals surface area contributed by atoms with Crippen LogP contribution >= 0.6 is 0 Å². The van der Waals surface area contributed by atoms with Crippen molar-refractivity contribution in [2.45, 2.75) is 84.0 Å². The van der Waals surface area contributed by atoms with Gasteiger partial charge in [0.2, 0.25) is 20.5 Å². The van der Waals surface area contributed by atoms with Crippen LogP contribution in [0.4, 0.5) is 0 Å². The van der Waals surface area contributed by atoms with E-state index < -0.39 is 0 Å². The van der Waals surface area contributed by atoms with Gasteiger partial charge in [-0.2, -0.15) is 0 Å². The normalized spacial score (nSPS) is 24.0. The molecule has 0 bridgehead atoms. The fourth-order valence-electron chi connectivity index (χ4n) is 6.63. The molecule has 0 spiro atoms. The van der Waals surface area contributed by atoms with Gasteiger partial charge in [0.25, 0.3) is 0 Å². The average molecular weight is 405 g/mol. The SMILES string of the molecule is CCB1C(CN2CCCB2CCc2cccc(CN3CCCB3C)c2)CCN1CC. The van der Waals surface area contributed by atoms with E-state index in [1.807, 2.05) is 0 Å². The molecular weight excluding hydrogens is 363 g/mol. The molecule has 0 radical (unpaired) electrons. The van der Waals surface area contributed by atoms with Crippen molar-refractivity contribution in [2.24, 2.45) is 0 Å². The fourth-order valence-corrected chi connectivity index (χ4v) is 6.63. The minimum absolute atomic E-state index is 0.756. The summed E-state index contributed by atoms with van der Waals surface area (Å²) in [7, 11) is 0. The summed E-state index contributed by atoms with van der Waals surface area (Å²) in [5.41, 5.74) is 3.07. The molecule has 30 heavy (non-hydrogen) atoms. The van der Waals surface area contributed by atoms with Crippen LogP contribution in [0.2, 0.25) is 37.9 Å². The van der Waals surface area contributed by atoms with Crippen molar-refractivity contribution in [1.29, 1.82) is 0 Å². The van der Waals surface area contributed by atoms with Gasteiger partial charge in [0, 0.05) is 6.54 Å². The van der Waals surface area contributed by atoms with E-state index in [0.717, 1.165) is 32.9 Å². The zero-order chi connectivity index (χ0) is 20.9. The molecule has 1 atom stereocenters. The van der Waals surface area contributed by atoms with Gasteiger partial charge in [-0.1, -0.05) is 70.2 Å². The lowest BCUT2D eigenvalue weighted by molar-refractivity contribution is 0.446. The van der Waals surface area contributed by atoms with Crippen LogP contribution in [0, 0.1) is 0 Å². The summed E-state index contributed by atoms with van der Waals surface area (Å²) in [5, 5.41) is 0. The third-order valence-corrected chi connectivity index (χ3v) is 8.43. The summed E-state index contributed by atoms with van der Waals surface area (Å²) in [6.45, 7) is 17.1. The van der Waals surface area contributed by atoms with E-state index in [9.17, 15) is 0 Å². The molecule has 3 saturated heterocycles. The second-order valence-corrected chi connectivity index (χ2v) is 10.3. The van der Waals surface area contributed by atoms with Crippen LogP contribution in [0.3, 0.4) is 0 Å². The number of aryl methyl sites for hydroxylation is 1. The maximum absolute atomic E-state index is 2.86. The first-order chi connectivity index (χ1) is 14.7. The van der Waals surface area contributed by atoms with Gasteiger partial charge in [-0.15, -0.1) is 0 Å². The van der Waals surface area contributed by atoms with Crippen LogP contribution in [0.1, 0.15) is 44.2 Å². The van der Waals surface area contributed by atoms with Gasteiger partial charge >= 0.3 is 0 Å². The zero-order valence-electron chi connectivity index (χ0n) is 19.9. The van der Waals surface area contributed by atoms with E-state index in [4.69, 9.17) is 0 Å². The van der Waals surface area contributed by atoms with Gasteiger partial charge in [-0.05, 0) is 75.4 Å². The van der Waals surface area contributed by atoms with Gasteiger partial charge in [0.05, 0.1) is 0 Å². The van der Waals surface area contributed by atoms with Crippen molar-refractivity contribution >= 4 is 20.5 Å². The highest BCUT2D eigenvalue weighted by molar-refractivity contribution is 6.59. The third-order valence-electron chi connectivity index (χ3n) is 8.43. The second kappa shape index (κ2) is 10.7. The Kier molecular flexibility index (Phi) is 8.05. The molecule has 0 amide bonds. The molecule has 0 N–H and O–H groups in total. The van der Waals surface area contributed by atoms with Gasteiger partial charge in [-0.25, -0.2) is 0 Å². The monoisotopic (exact) mass is 405 g/mol. The van der Waals surface area contributed by atoms with Gasteiger partial charge in [0.1, 0.15) is 0 Å².